The van der Waals surface area contributed by atoms with Gasteiger partial charge in [-0.25, -0.2) is 0 Å². The molecule has 1 aromatic carbocycles. The average molecular weight is 158 g/mol. The molecule has 2 bridgehead atoms. The molecule has 1 heteroatoms. The van der Waals surface area contributed by atoms with Gasteiger partial charge in [0.05, 0.1) is 0 Å². The normalized spacial score (nSPS) is 11.6. The summed E-state index contributed by atoms with van der Waals surface area (Å²) in [5.41, 5.74) is 0. The minimum atomic E-state index is 1.41. The van der Waals surface area contributed by atoms with Crippen molar-refractivity contribution in [2.75, 3.05) is 0 Å². The van der Waals surface area contributed by atoms with Gasteiger partial charge in [0, 0.05) is 20.2 Å². The molecular formula is C10H6S. The molecule has 2 heterocycles. The van der Waals surface area contributed by atoms with Crippen molar-refractivity contribution in [3.8, 4) is 0 Å². The van der Waals surface area contributed by atoms with Crippen LogP contribution in [0.2, 0.25) is 0 Å². The van der Waals surface area contributed by atoms with Crippen LogP contribution in [0.5, 0.6) is 0 Å². The summed E-state index contributed by atoms with van der Waals surface area (Å²) in [6, 6.07) is 13.0. The van der Waals surface area contributed by atoms with E-state index in [9.17, 15) is 0 Å². The lowest BCUT2D eigenvalue weighted by atomic mass is 10.1. The third kappa shape index (κ3) is 0.589. The molecule has 0 amide bonds. The molecule has 0 nitrogen and oxygen atoms in total. The van der Waals surface area contributed by atoms with Gasteiger partial charge in [0.25, 0.3) is 0 Å². The topological polar surface area (TPSA) is 0 Å². The van der Waals surface area contributed by atoms with Crippen LogP contribution in [0.3, 0.4) is 0 Å². The maximum atomic E-state index is 2.20. The van der Waals surface area contributed by atoms with Crippen LogP contribution in [0.15, 0.2) is 36.4 Å². The van der Waals surface area contributed by atoms with Gasteiger partial charge in [0.15, 0.2) is 0 Å². The van der Waals surface area contributed by atoms with Crippen molar-refractivity contribution >= 4 is 31.5 Å². The van der Waals surface area contributed by atoms with Crippen LogP contribution >= 0.6 is 11.3 Å². The lowest BCUT2D eigenvalue weighted by molar-refractivity contribution is 1.85. The van der Waals surface area contributed by atoms with Crippen molar-refractivity contribution in [1.82, 2.24) is 0 Å². The zero-order valence-corrected chi connectivity index (χ0v) is 6.69. The van der Waals surface area contributed by atoms with E-state index in [0.717, 1.165) is 0 Å². The molecule has 0 N–H and O–H groups in total. The van der Waals surface area contributed by atoms with Gasteiger partial charge in [-0.2, -0.15) is 0 Å². The van der Waals surface area contributed by atoms with Gasteiger partial charge in [0.2, 0.25) is 0 Å². The zero-order chi connectivity index (χ0) is 7.26. The number of thiophene rings is 2. The summed E-state index contributed by atoms with van der Waals surface area (Å²) in [6.07, 6.45) is 0. The Morgan fingerprint density at radius 1 is 0.727 bits per heavy atom. The van der Waals surface area contributed by atoms with E-state index in [0.29, 0.717) is 0 Å². The highest BCUT2D eigenvalue weighted by Gasteiger charge is 2.04. The van der Waals surface area contributed by atoms with Crippen LogP contribution in [0, 0.1) is 0 Å². The maximum Gasteiger partial charge on any atom is 0.0355 e. The molecular weight excluding hydrogens is 152 g/mol. The highest BCUT2D eigenvalue weighted by Crippen LogP contribution is 2.35. The summed E-state index contributed by atoms with van der Waals surface area (Å²) in [7, 11) is 0. The first-order valence-electron chi connectivity index (χ1n) is 3.65. The molecule has 52 valence electrons. The van der Waals surface area contributed by atoms with Crippen molar-refractivity contribution in [2.24, 2.45) is 0 Å². The first kappa shape index (κ1) is 5.56. The molecule has 0 spiro atoms. The van der Waals surface area contributed by atoms with Crippen molar-refractivity contribution in [3.63, 3.8) is 0 Å². The molecule has 0 unspecified atom stereocenters. The van der Waals surface area contributed by atoms with E-state index in [4.69, 9.17) is 0 Å². The predicted molar refractivity (Wildman–Crippen MR) is 50.5 cm³/mol. The second-order valence-corrected chi connectivity index (χ2v) is 3.79. The van der Waals surface area contributed by atoms with Crippen LogP contribution in [0.4, 0.5) is 0 Å². The summed E-state index contributed by atoms with van der Waals surface area (Å²) in [5, 5.41) is 2.82. The van der Waals surface area contributed by atoms with Gasteiger partial charge in [-0.3, -0.25) is 0 Å². The fourth-order valence-electron chi connectivity index (χ4n) is 1.54. The van der Waals surface area contributed by atoms with Crippen LogP contribution in [0.25, 0.3) is 20.2 Å². The SMILES string of the molecule is c1ccc2c3ccc(s3)c2c1. The average Bonchev–Trinajstić information content (AvgIpc) is 2.64. The molecule has 0 aliphatic heterocycles. The van der Waals surface area contributed by atoms with Crippen LogP contribution in [-0.2, 0) is 0 Å². The van der Waals surface area contributed by atoms with Crippen molar-refractivity contribution < 1.29 is 0 Å². The Bertz CT molecular complexity index is 448. The molecule has 0 fully saturated rings. The summed E-state index contributed by atoms with van der Waals surface area (Å²) >= 11 is 1.88. The zero-order valence-electron chi connectivity index (χ0n) is 5.87. The molecule has 0 aliphatic rings. The second kappa shape index (κ2) is 1.74. The highest BCUT2D eigenvalue weighted by atomic mass is 32.1. The van der Waals surface area contributed by atoms with Crippen LogP contribution < -0.4 is 0 Å². The second-order valence-electron chi connectivity index (χ2n) is 2.71. The van der Waals surface area contributed by atoms with Gasteiger partial charge < -0.3 is 0 Å². The number of hydrogen-bond acceptors (Lipinski definition) is 1. The molecule has 0 saturated carbocycles. The summed E-state index contributed by atoms with van der Waals surface area (Å²) < 4.78 is 2.83. The lowest BCUT2D eigenvalue weighted by Crippen LogP contribution is -1.64. The molecule has 0 aliphatic carbocycles. The molecule has 11 heavy (non-hydrogen) atoms. The fourth-order valence-corrected chi connectivity index (χ4v) is 2.63. The predicted octanol–water partition coefficient (Wildman–Crippen LogP) is 3.49. The van der Waals surface area contributed by atoms with E-state index in [-0.39, 0.29) is 0 Å². The number of hydrogen-bond donors (Lipinski definition) is 0. The summed E-state index contributed by atoms with van der Waals surface area (Å²) in [6.45, 7) is 0. The maximum absolute atomic E-state index is 2.20. The third-order valence-electron chi connectivity index (χ3n) is 2.06. The number of benzene rings is 2. The Morgan fingerprint density at radius 2 is 1.27 bits per heavy atom. The quantitative estimate of drug-likeness (QED) is 0.469. The van der Waals surface area contributed by atoms with E-state index in [2.05, 4.69) is 36.4 Å². The van der Waals surface area contributed by atoms with Gasteiger partial charge in [-0.1, -0.05) is 24.3 Å². The highest BCUT2D eigenvalue weighted by molar-refractivity contribution is 7.26. The monoisotopic (exact) mass is 158 g/mol. The number of rotatable bonds is 0. The standard InChI is InChI=1S/C10H6S/c1-2-4-8-7(3-1)9-5-6-10(8)11-9/h1-6H. The Balaban J connectivity index is 2.76. The van der Waals surface area contributed by atoms with Gasteiger partial charge in [0.1, 0.15) is 0 Å². The van der Waals surface area contributed by atoms with Gasteiger partial charge in [-0.15, -0.1) is 11.3 Å². The largest absolute Gasteiger partial charge is 0.135 e. The molecule has 0 radical (unpaired) electrons. The van der Waals surface area contributed by atoms with E-state index in [1.165, 1.54) is 20.2 Å². The van der Waals surface area contributed by atoms with Crippen molar-refractivity contribution in [2.45, 2.75) is 0 Å². The first-order valence-corrected chi connectivity index (χ1v) is 4.46. The van der Waals surface area contributed by atoms with E-state index in [1.807, 2.05) is 11.3 Å². The fraction of sp³-hybridized carbons (Fsp3) is 0. The third-order valence-corrected chi connectivity index (χ3v) is 3.22. The Labute approximate surface area is 68.4 Å². The van der Waals surface area contributed by atoms with Crippen molar-refractivity contribution in [1.29, 1.82) is 0 Å². The van der Waals surface area contributed by atoms with E-state index in [1.54, 1.807) is 0 Å². The van der Waals surface area contributed by atoms with Gasteiger partial charge in [-0.05, 0) is 12.1 Å². The van der Waals surface area contributed by atoms with E-state index < -0.39 is 0 Å². The van der Waals surface area contributed by atoms with Crippen LogP contribution in [0.1, 0.15) is 0 Å². The van der Waals surface area contributed by atoms with Crippen LogP contribution in [-0.4, -0.2) is 0 Å². The molecule has 3 rings (SSSR count). The minimum absolute atomic E-state index is 1.41. The van der Waals surface area contributed by atoms with Crippen molar-refractivity contribution in [3.05, 3.63) is 36.4 Å². The Hall–Kier alpha value is -1.08. The molecule has 2 aromatic heterocycles. The Morgan fingerprint density at radius 3 is 1.82 bits per heavy atom. The molecule has 3 aromatic rings. The lowest BCUT2D eigenvalue weighted by Gasteiger charge is -1.89. The Kier molecular flexibility index (Phi) is 0.880. The van der Waals surface area contributed by atoms with Gasteiger partial charge >= 0.3 is 0 Å². The molecule has 0 atom stereocenters. The number of fused-ring (bicyclic) bond motifs is 5. The minimum Gasteiger partial charge on any atom is -0.135 e. The smallest absolute Gasteiger partial charge is 0.0355 e. The summed E-state index contributed by atoms with van der Waals surface area (Å²) in [4.78, 5) is 0. The first-order chi connectivity index (χ1) is 5.45. The molecule has 0 saturated heterocycles. The summed E-state index contributed by atoms with van der Waals surface area (Å²) in [5.74, 6) is 0. The van der Waals surface area contributed by atoms with E-state index >= 15 is 0 Å².